The van der Waals surface area contributed by atoms with E-state index in [0.29, 0.717) is 11.5 Å². The van der Waals surface area contributed by atoms with Crippen LogP contribution in [0.5, 0.6) is 11.5 Å². The third kappa shape index (κ3) is 3.24. The molecular weight excluding hydrogens is 308 g/mol. The highest BCUT2D eigenvalue weighted by molar-refractivity contribution is 7.99. The molecule has 0 atom stereocenters. The van der Waals surface area contributed by atoms with E-state index < -0.39 is 0 Å². The van der Waals surface area contributed by atoms with Crippen molar-refractivity contribution in [2.24, 2.45) is 0 Å². The van der Waals surface area contributed by atoms with Gasteiger partial charge in [0.25, 0.3) is 0 Å². The van der Waals surface area contributed by atoms with Gasteiger partial charge < -0.3 is 9.47 Å². The molecule has 0 fully saturated rings. The molecule has 0 aliphatic carbocycles. The van der Waals surface area contributed by atoms with Gasteiger partial charge in [0.2, 0.25) is 0 Å². The Kier molecular flexibility index (Phi) is 4.67. The number of ether oxygens (including phenoxy) is 2. The number of rotatable bonds is 5. The van der Waals surface area contributed by atoms with Crippen molar-refractivity contribution in [2.75, 3.05) is 14.2 Å². The Balaban J connectivity index is 2.06. The Hall–Kier alpha value is -2.27. The summed E-state index contributed by atoms with van der Waals surface area (Å²) in [6.07, 6.45) is 2.60. The van der Waals surface area contributed by atoms with Crippen LogP contribution in [0.1, 0.15) is 12.5 Å². The van der Waals surface area contributed by atoms with E-state index in [1.807, 2.05) is 12.1 Å². The number of hydrogen-bond donors (Lipinski definition) is 0. The average Bonchev–Trinajstić information content (AvgIpc) is 2.61. The maximum atomic E-state index is 5.40. The number of aryl methyl sites for hydroxylation is 1. The highest BCUT2D eigenvalue weighted by Gasteiger charge is 2.12. The van der Waals surface area contributed by atoms with Gasteiger partial charge >= 0.3 is 0 Å². The normalized spacial score (nSPS) is 10.7. The van der Waals surface area contributed by atoms with E-state index in [2.05, 4.69) is 41.2 Å². The molecule has 0 bridgehead atoms. The van der Waals surface area contributed by atoms with Crippen molar-refractivity contribution in [1.82, 2.24) is 9.97 Å². The lowest BCUT2D eigenvalue weighted by Crippen LogP contribution is -1.93. The van der Waals surface area contributed by atoms with Gasteiger partial charge in [-0.25, -0.2) is 9.97 Å². The van der Waals surface area contributed by atoms with Crippen molar-refractivity contribution >= 4 is 22.7 Å². The Morgan fingerprint density at radius 1 is 1.00 bits per heavy atom. The largest absolute Gasteiger partial charge is 0.493 e. The minimum atomic E-state index is 0.669. The van der Waals surface area contributed by atoms with Gasteiger partial charge in [-0.05, 0) is 30.2 Å². The van der Waals surface area contributed by atoms with Crippen LogP contribution in [0.2, 0.25) is 0 Å². The highest BCUT2D eigenvalue weighted by Crippen LogP contribution is 2.37. The van der Waals surface area contributed by atoms with Gasteiger partial charge in [0.15, 0.2) is 11.5 Å². The summed E-state index contributed by atoms with van der Waals surface area (Å²) >= 11 is 1.63. The van der Waals surface area contributed by atoms with Crippen LogP contribution in [0, 0.1) is 0 Å². The number of methoxy groups -OCH3 is 2. The molecule has 4 nitrogen and oxygen atoms in total. The van der Waals surface area contributed by atoms with E-state index in [0.717, 1.165) is 22.3 Å². The summed E-state index contributed by atoms with van der Waals surface area (Å²) in [5, 5.41) is 1.86. The molecule has 1 aromatic heterocycles. The van der Waals surface area contributed by atoms with Crippen molar-refractivity contribution in [1.29, 1.82) is 0 Å². The van der Waals surface area contributed by atoms with E-state index in [1.54, 1.807) is 32.3 Å². The predicted octanol–water partition coefficient (Wildman–Crippen LogP) is 4.36. The first-order valence-electron chi connectivity index (χ1n) is 7.38. The second-order valence-electron chi connectivity index (χ2n) is 5.01. The monoisotopic (exact) mass is 326 g/mol. The molecule has 1 heterocycles. The van der Waals surface area contributed by atoms with Gasteiger partial charge in [0.05, 0.1) is 19.7 Å². The highest BCUT2D eigenvalue weighted by atomic mass is 32.2. The fourth-order valence-corrected chi connectivity index (χ4v) is 3.33. The van der Waals surface area contributed by atoms with Crippen LogP contribution in [-0.2, 0) is 6.42 Å². The summed E-state index contributed by atoms with van der Waals surface area (Å²) in [7, 11) is 3.25. The molecule has 0 spiro atoms. The van der Waals surface area contributed by atoms with Crippen LogP contribution in [0.25, 0.3) is 10.9 Å². The van der Waals surface area contributed by atoms with Gasteiger partial charge in [0.1, 0.15) is 11.4 Å². The zero-order chi connectivity index (χ0) is 16.2. The summed E-state index contributed by atoms with van der Waals surface area (Å²) < 4.78 is 10.7. The van der Waals surface area contributed by atoms with Crippen LogP contribution in [0.3, 0.4) is 0 Å². The summed E-state index contributed by atoms with van der Waals surface area (Å²) in [5.74, 6) is 1.35. The van der Waals surface area contributed by atoms with Crippen molar-refractivity contribution in [3.63, 3.8) is 0 Å². The molecule has 0 amide bonds. The first-order valence-corrected chi connectivity index (χ1v) is 8.20. The molecule has 5 heteroatoms. The molecule has 2 aromatic carbocycles. The predicted molar refractivity (Wildman–Crippen MR) is 92.6 cm³/mol. The summed E-state index contributed by atoms with van der Waals surface area (Å²) in [6, 6.07) is 12.3. The standard InChI is InChI=1S/C18H18N2O2S/c1-4-12-6-5-7-13(8-12)23-18-14-9-16(21-2)17(22-3)10-15(14)19-11-20-18/h5-11H,4H2,1-3H3. The smallest absolute Gasteiger partial charge is 0.162 e. The van der Waals surface area contributed by atoms with Gasteiger partial charge in [-0.2, -0.15) is 0 Å². The van der Waals surface area contributed by atoms with Gasteiger partial charge in [0, 0.05) is 16.3 Å². The Morgan fingerprint density at radius 2 is 1.78 bits per heavy atom. The minimum absolute atomic E-state index is 0.669. The molecule has 0 saturated carbocycles. The zero-order valence-electron chi connectivity index (χ0n) is 13.4. The second kappa shape index (κ2) is 6.87. The van der Waals surface area contributed by atoms with Crippen molar-refractivity contribution in [3.05, 3.63) is 48.3 Å². The molecule has 0 aliphatic rings. The maximum Gasteiger partial charge on any atom is 0.162 e. The zero-order valence-corrected chi connectivity index (χ0v) is 14.2. The van der Waals surface area contributed by atoms with Crippen LogP contribution in [0.15, 0.2) is 52.6 Å². The summed E-state index contributed by atoms with van der Waals surface area (Å²) in [6.45, 7) is 2.15. The van der Waals surface area contributed by atoms with E-state index in [-0.39, 0.29) is 0 Å². The molecule has 3 aromatic rings. The molecule has 23 heavy (non-hydrogen) atoms. The van der Waals surface area contributed by atoms with Crippen molar-refractivity contribution in [2.45, 2.75) is 23.3 Å². The van der Waals surface area contributed by atoms with Crippen LogP contribution >= 0.6 is 11.8 Å². The molecule has 0 unspecified atom stereocenters. The molecular formula is C18H18N2O2S. The van der Waals surface area contributed by atoms with Crippen LogP contribution in [-0.4, -0.2) is 24.2 Å². The first-order chi connectivity index (χ1) is 11.2. The number of hydrogen-bond acceptors (Lipinski definition) is 5. The number of fused-ring (bicyclic) bond motifs is 1. The van der Waals surface area contributed by atoms with E-state index >= 15 is 0 Å². The third-order valence-corrected chi connectivity index (χ3v) is 4.63. The first kappa shape index (κ1) is 15.6. The van der Waals surface area contributed by atoms with E-state index in [1.165, 1.54) is 10.5 Å². The molecule has 0 N–H and O–H groups in total. The molecule has 118 valence electrons. The summed E-state index contributed by atoms with van der Waals surface area (Å²) in [5.41, 5.74) is 2.15. The molecule has 0 radical (unpaired) electrons. The van der Waals surface area contributed by atoms with E-state index in [9.17, 15) is 0 Å². The Labute approximate surface area is 139 Å². The van der Waals surface area contributed by atoms with Crippen molar-refractivity contribution < 1.29 is 9.47 Å². The fraction of sp³-hybridized carbons (Fsp3) is 0.222. The van der Waals surface area contributed by atoms with Crippen LogP contribution < -0.4 is 9.47 Å². The average molecular weight is 326 g/mol. The second-order valence-corrected chi connectivity index (χ2v) is 6.07. The fourth-order valence-electron chi connectivity index (χ4n) is 2.38. The topological polar surface area (TPSA) is 44.2 Å². The van der Waals surface area contributed by atoms with E-state index in [4.69, 9.17) is 9.47 Å². The van der Waals surface area contributed by atoms with Gasteiger partial charge in [-0.15, -0.1) is 0 Å². The summed E-state index contributed by atoms with van der Waals surface area (Å²) in [4.78, 5) is 9.95. The molecule has 0 saturated heterocycles. The van der Waals surface area contributed by atoms with Gasteiger partial charge in [-0.1, -0.05) is 30.8 Å². The van der Waals surface area contributed by atoms with Gasteiger partial charge in [-0.3, -0.25) is 0 Å². The lowest BCUT2D eigenvalue weighted by atomic mass is 10.2. The molecule has 3 rings (SSSR count). The maximum absolute atomic E-state index is 5.40. The number of nitrogens with zero attached hydrogens (tertiary/aromatic N) is 2. The lowest BCUT2D eigenvalue weighted by molar-refractivity contribution is 0.355. The number of aromatic nitrogens is 2. The Morgan fingerprint density at radius 3 is 2.52 bits per heavy atom. The number of benzene rings is 2. The molecule has 0 aliphatic heterocycles. The quantitative estimate of drug-likeness (QED) is 0.652. The third-order valence-electron chi connectivity index (χ3n) is 3.63. The minimum Gasteiger partial charge on any atom is -0.493 e. The SMILES string of the molecule is CCc1cccc(Sc2ncnc3cc(OC)c(OC)cc23)c1. The Bertz CT molecular complexity index is 836. The van der Waals surface area contributed by atoms with Crippen molar-refractivity contribution in [3.8, 4) is 11.5 Å². The lowest BCUT2D eigenvalue weighted by Gasteiger charge is -2.11. The van der Waals surface area contributed by atoms with Crippen LogP contribution in [0.4, 0.5) is 0 Å².